The van der Waals surface area contributed by atoms with E-state index in [-0.39, 0.29) is 29.6 Å². The highest BCUT2D eigenvalue weighted by atomic mass is 19.1. The van der Waals surface area contributed by atoms with Crippen molar-refractivity contribution in [3.05, 3.63) is 29.6 Å². The Balaban J connectivity index is 1.23. The van der Waals surface area contributed by atoms with E-state index < -0.39 is 5.41 Å². The van der Waals surface area contributed by atoms with Crippen molar-refractivity contribution in [2.75, 3.05) is 31.1 Å². The van der Waals surface area contributed by atoms with Crippen LogP contribution in [0.1, 0.15) is 69.8 Å². The second kappa shape index (κ2) is 8.44. The largest absolute Gasteiger partial charge is 0.368 e. The van der Waals surface area contributed by atoms with Crippen LogP contribution in [0.2, 0.25) is 0 Å². The molecule has 1 aromatic rings. The van der Waals surface area contributed by atoms with Gasteiger partial charge in [-0.1, -0.05) is 31.7 Å². The van der Waals surface area contributed by atoms with Gasteiger partial charge in [-0.05, 0) is 50.7 Å². The number of carbonyl (C=O) groups excluding carboxylic acids is 2. The van der Waals surface area contributed by atoms with E-state index in [1.54, 1.807) is 6.07 Å². The first-order valence-electron chi connectivity index (χ1n) is 12.2. The van der Waals surface area contributed by atoms with E-state index in [4.69, 9.17) is 0 Å². The molecule has 168 valence electrons. The summed E-state index contributed by atoms with van der Waals surface area (Å²) in [6, 6.07) is 5.61. The molecule has 5 nitrogen and oxygen atoms in total. The number of carbonyl (C=O) groups is 2. The number of nitrogens with zero attached hydrogens (tertiary/aromatic N) is 2. The van der Waals surface area contributed by atoms with Crippen molar-refractivity contribution >= 4 is 17.5 Å². The first kappa shape index (κ1) is 20.8. The third-order valence-electron chi connectivity index (χ3n) is 7.73. The number of piperazine rings is 1. The van der Waals surface area contributed by atoms with Gasteiger partial charge in [-0.25, -0.2) is 4.39 Å². The Kier molecular flexibility index (Phi) is 5.65. The highest BCUT2D eigenvalue weighted by molar-refractivity contribution is 5.91. The van der Waals surface area contributed by atoms with Crippen LogP contribution in [0.15, 0.2) is 18.2 Å². The lowest BCUT2D eigenvalue weighted by Crippen LogP contribution is -2.49. The summed E-state index contributed by atoms with van der Waals surface area (Å²) in [5.41, 5.74) is 0.717. The highest BCUT2D eigenvalue weighted by Gasteiger charge is 2.53. The molecule has 3 saturated carbocycles. The minimum absolute atomic E-state index is 0.0123. The number of amides is 2. The van der Waals surface area contributed by atoms with Crippen molar-refractivity contribution in [1.82, 2.24) is 10.2 Å². The second-order valence-corrected chi connectivity index (χ2v) is 9.99. The van der Waals surface area contributed by atoms with E-state index in [2.05, 4.69) is 10.2 Å². The minimum Gasteiger partial charge on any atom is -0.368 e. The lowest BCUT2D eigenvalue weighted by Gasteiger charge is -2.36. The van der Waals surface area contributed by atoms with Crippen molar-refractivity contribution in [3.8, 4) is 0 Å². The van der Waals surface area contributed by atoms with Crippen LogP contribution < -0.4 is 10.2 Å². The number of benzene rings is 1. The van der Waals surface area contributed by atoms with Gasteiger partial charge in [0.15, 0.2) is 0 Å². The predicted octanol–water partition coefficient (Wildman–Crippen LogP) is 3.75. The fraction of sp³-hybridized carbons (Fsp3) is 0.680. The molecule has 1 N–H and O–H groups in total. The smallest absolute Gasteiger partial charge is 0.230 e. The maximum absolute atomic E-state index is 15.2. The molecular weight excluding hydrogens is 393 g/mol. The molecule has 4 aliphatic rings. The fourth-order valence-corrected chi connectivity index (χ4v) is 5.35. The molecule has 6 heteroatoms. The SMILES string of the molecule is O=C(C1CC1)N1CCN(c2ccc(C3(C(=O)NC4CCCCCC4)CC3)c(F)c2)CC1. The molecule has 0 unspecified atom stereocenters. The molecule has 0 spiro atoms. The van der Waals surface area contributed by atoms with E-state index in [9.17, 15) is 9.59 Å². The van der Waals surface area contributed by atoms with Crippen LogP contribution >= 0.6 is 0 Å². The summed E-state index contributed by atoms with van der Waals surface area (Å²) in [6.07, 6.45) is 10.4. The molecule has 0 bridgehead atoms. The van der Waals surface area contributed by atoms with Gasteiger partial charge in [0, 0.05) is 49.4 Å². The van der Waals surface area contributed by atoms with Gasteiger partial charge in [0.1, 0.15) is 5.82 Å². The summed E-state index contributed by atoms with van der Waals surface area (Å²) in [5, 5.41) is 3.24. The van der Waals surface area contributed by atoms with Gasteiger partial charge in [0.25, 0.3) is 0 Å². The average molecular weight is 428 g/mol. The summed E-state index contributed by atoms with van der Waals surface area (Å²) in [7, 11) is 0. The van der Waals surface area contributed by atoms with Crippen LogP contribution in [0.4, 0.5) is 10.1 Å². The standard InChI is InChI=1S/C25H34FN3O2/c26-22-17-20(28-13-15-29(16-14-28)23(30)18-7-8-18)9-10-21(22)25(11-12-25)24(31)27-19-5-3-1-2-4-6-19/h9-10,17-19H,1-8,11-16H2,(H,27,31). The summed E-state index contributed by atoms with van der Waals surface area (Å²) in [6.45, 7) is 2.86. The predicted molar refractivity (Wildman–Crippen MR) is 118 cm³/mol. The number of hydrogen-bond acceptors (Lipinski definition) is 3. The molecule has 0 aromatic heterocycles. The zero-order valence-corrected chi connectivity index (χ0v) is 18.4. The quantitative estimate of drug-likeness (QED) is 0.728. The number of anilines is 1. The monoisotopic (exact) mass is 427 g/mol. The molecule has 5 rings (SSSR count). The first-order chi connectivity index (χ1) is 15.1. The topological polar surface area (TPSA) is 52.7 Å². The molecule has 31 heavy (non-hydrogen) atoms. The Morgan fingerprint density at radius 3 is 2.19 bits per heavy atom. The van der Waals surface area contributed by atoms with Crippen LogP contribution in [0.25, 0.3) is 0 Å². The molecular formula is C25H34FN3O2. The van der Waals surface area contributed by atoms with Gasteiger partial charge in [0.05, 0.1) is 5.41 Å². The lowest BCUT2D eigenvalue weighted by molar-refractivity contribution is -0.132. The van der Waals surface area contributed by atoms with Crippen molar-refractivity contribution in [3.63, 3.8) is 0 Å². The van der Waals surface area contributed by atoms with Gasteiger partial charge >= 0.3 is 0 Å². The Hall–Kier alpha value is -2.11. The van der Waals surface area contributed by atoms with Gasteiger partial charge in [0.2, 0.25) is 11.8 Å². The zero-order valence-electron chi connectivity index (χ0n) is 18.4. The minimum atomic E-state index is -0.676. The average Bonchev–Trinajstić information content (AvgIpc) is 3.66. The number of hydrogen-bond donors (Lipinski definition) is 1. The molecule has 1 aromatic carbocycles. The number of halogens is 1. The van der Waals surface area contributed by atoms with E-state index in [0.717, 1.165) is 57.3 Å². The van der Waals surface area contributed by atoms with Gasteiger partial charge in [-0.3, -0.25) is 9.59 Å². The molecule has 1 saturated heterocycles. The van der Waals surface area contributed by atoms with Crippen molar-refractivity contribution in [2.45, 2.75) is 75.7 Å². The molecule has 4 fully saturated rings. The first-order valence-corrected chi connectivity index (χ1v) is 12.2. The maximum Gasteiger partial charge on any atom is 0.230 e. The Labute approximate surface area is 184 Å². The Bertz CT molecular complexity index is 833. The Morgan fingerprint density at radius 2 is 1.61 bits per heavy atom. The summed E-state index contributed by atoms with van der Waals surface area (Å²) in [4.78, 5) is 29.4. The molecule has 1 heterocycles. The van der Waals surface area contributed by atoms with Crippen LogP contribution in [0.3, 0.4) is 0 Å². The number of nitrogens with one attached hydrogen (secondary N) is 1. The van der Waals surface area contributed by atoms with E-state index in [1.807, 2.05) is 17.0 Å². The fourth-order valence-electron chi connectivity index (χ4n) is 5.35. The molecule has 0 atom stereocenters. The highest BCUT2D eigenvalue weighted by Crippen LogP contribution is 2.50. The summed E-state index contributed by atoms with van der Waals surface area (Å²) >= 11 is 0. The van der Waals surface area contributed by atoms with E-state index in [1.165, 1.54) is 25.7 Å². The molecule has 2 amide bonds. The Morgan fingerprint density at radius 1 is 0.935 bits per heavy atom. The zero-order chi connectivity index (χ0) is 21.4. The van der Waals surface area contributed by atoms with E-state index >= 15 is 4.39 Å². The summed E-state index contributed by atoms with van der Waals surface area (Å²) in [5.74, 6) is 0.277. The number of rotatable bonds is 5. The van der Waals surface area contributed by atoms with Crippen LogP contribution in [0.5, 0.6) is 0 Å². The van der Waals surface area contributed by atoms with Crippen molar-refractivity contribution < 1.29 is 14.0 Å². The van der Waals surface area contributed by atoms with Gasteiger partial charge < -0.3 is 15.1 Å². The third kappa shape index (κ3) is 4.31. The van der Waals surface area contributed by atoms with E-state index in [0.29, 0.717) is 18.7 Å². The molecule has 3 aliphatic carbocycles. The van der Waals surface area contributed by atoms with Crippen molar-refractivity contribution in [1.29, 1.82) is 0 Å². The second-order valence-electron chi connectivity index (χ2n) is 9.99. The third-order valence-corrected chi connectivity index (χ3v) is 7.73. The van der Waals surface area contributed by atoms with Crippen LogP contribution in [-0.4, -0.2) is 48.9 Å². The van der Waals surface area contributed by atoms with Crippen LogP contribution in [0, 0.1) is 11.7 Å². The van der Waals surface area contributed by atoms with Crippen molar-refractivity contribution in [2.24, 2.45) is 5.92 Å². The normalized spacial score (nSPS) is 23.9. The van der Waals surface area contributed by atoms with Gasteiger partial charge in [-0.2, -0.15) is 0 Å². The maximum atomic E-state index is 15.2. The molecule has 1 aliphatic heterocycles. The van der Waals surface area contributed by atoms with Gasteiger partial charge in [-0.15, -0.1) is 0 Å². The summed E-state index contributed by atoms with van der Waals surface area (Å²) < 4.78 is 15.2. The van der Waals surface area contributed by atoms with Crippen LogP contribution in [-0.2, 0) is 15.0 Å². The molecule has 0 radical (unpaired) electrons. The lowest BCUT2D eigenvalue weighted by atomic mass is 9.93.